The maximum absolute atomic E-state index is 12.4. The number of thiophene rings is 1. The van der Waals surface area contributed by atoms with Crippen LogP contribution in [-0.4, -0.2) is 10.1 Å². The van der Waals surface area contributed by atoms with Crippen LogP contribution >= 0.6 is 11.3 Å². The molecule has 4 aromatic rings. The number of hydrogen-bond donors (Lipinski definition) is 3. The molecule has 0 aliphatic heterocycles. The van der Waals surface area contributed by atoms with Gasteiger partial charge in [0, 0.05) is 27.9 Å². The van der Waals surface area contributed by atoms with Gasteiger partial charge < -0.3 is 15.8 Å². The fourth-order valence-electron chi connectivity index (χ4n) is 3.35. The number of nitrogens with two attached hydrogens (primary N) is 1. The molecule has 0 aliphatic rings. The van der Waals surface area contributed by atoms with Crippen molar-refractivity contribution in [3.63, 3.8) is 0 Å². The van der Waals surface area contributed by atoms with Gasteiger partial charge in [-0.1, -0.05) is 36.9 Å². The van der Waals surface area contributed by atoms with Crippen LogP contribution in [0.15, 0.2) is 53.2 Å². The quantitative estimate of drug-likeness (QED) is 0.491. The molecular weight excluding hydrogens is 344 g/mol. The summed E-state index contributed by atoms with van der Waals surface area (Å²) < 4.78 is 0.645. The molecule has 2 heterocycles. The molecule has 0 fully saturated rings. The number of H-pyrrole nitrogens is 1. The molecule has 4 nitrogen and oxygen atoms in total. The minimum absolute atomic E-state index is 0.0579. The van der Waals surface area contributed by atoms with Gasteiger partial charge in [0.25, 0.3) is 5.56 Å². The number of pyridine rings is 1. The SMILES string of the molecule is C=Cc1cc(O)c(-c2ccc(C(C)N)cc2)c2c1[nH]c(=O)c1sccc12. The second-order valence-corrected chi connectivity index (χ2v) is 7.26. The molecule has 4 rings (SSSR count). The van der Waals surface area contributed by atoms with Crippen molar-refractivity contribution < 1.29 is 5.11 Å². The lowest BCUT2D eigenvalue weighted by Crippen LogP contribution is -2.06. The lowest BCUT2D eigenvalue weighted by molar-refractivity contribution is 0.478. The molecule has 2 aromatic carbocycles. The van der Waals surface area contributed by atoms with Crippen LogP contribution < -0.4 is 11.3 Å². The average Bonchev–Trinajstić information content (AvgIpc) is 3.12. The van der Waals surface area contributed by atoms with E-state index in [1.165, 1.54) is 11.3 Å². The van der Waals surface area contributed by atoms with Crippen LogP contribution in [0.5, 0.6) is 5.75 Å². The maximum atomic E-state index is 12.4. The molecule has 0 aliphatic carbocycles. The van der Waals surface area contributed by atoms with E-state index in [-0.39, 0.29) is 17.4 Å². The second-order valence-electron chi connectivity index (χ2n) is 6.34. The largest absolute Gasteiger partial charge is 0.507 e. The van der Waals surface area contributed by atoms with Gasteiger partial charge >= 0.3 is 0 Å². The molecule has 2 aromatic heterocycles. The van der Waals surface area contributed by atoms with Gasteiger partial charge in [-0.25, -0.2) is 0 Å². The standard InChI is InChI=1S/C21H18N2O2S/c1-3-12-10-16(24)17(14-6-4-13(5-7-14)11(2)22)18-15-8-9-26-20(15)21(25)23-19(12)18/h3-11,24H,1,22H2,2H3,(H,23,25). The lowest BCUT2D eigenvalue weighted by atomic mass is 9.93. The first-order valence-electron chi connectivity index (χ1n) is 8.28. The number of rotatable bonds is 3. The molecule has 0 spiro atoms. The Morgan fingerprint density at radius 1 is 1.27 bits per heavy atom. The summed E-state index contributed by atoms with van der Waals surface area (Å²) in [5.74, 6) is 0.153. The third-order valence-electron chi connectivity index (χ3n) is 4.66. The normalized spacial score (nSPS) is 12.5. The first-order valence-corrected chi connectivity index (χ1v) is 9.16. The van der Waals surface area contributed by atoms with E-state index in [9.17, 15) is 9.90 Å². The summed E-state index contributed by atoms with van der Waals surface area (Å²) in [6, 6.07) is 11.3. The van der Waals surface area contributed by atoms with Crippen LogP contribution in [0.1, 0.15) is 24.1 Å². The molecule has 130 valence electrons. The Bertz CT molecular complexity index is 1200. The van der Waals surface area contributed by atoms with Gasteiger partial charge in [0.1, 0.15) is 10.4 Å². The Morgan fingerprint density at radius 2 is 2.00 bits per heavy atom. The number of phenolic OH excluding ortho intramolecular Hbond substituents is 1. The topological polar surface area (TPSA) is 79.1 Å². The number of phenols is 1. The van der Waals surface area contributed by atoms with E-state index >= 15 is 0 Å². The summed E-state index contributed by atoms with van der Waals surface area (Å²) in [6.07, 6.45) is 1.64. The molecular formula is C21H18N2O2S. The molecule has 0 bridgehead atoms. The molecule has 0 amide bonds. The Kier molecular flexibility index (Phi) is 3.90. The van der Waals surface area contributed by atoms with Crippen molar-refractivity contribution in [3.8, 4) is 16.9 Å². The summed E-state index contributed by atoms with van der Waals surface area (Å²) in [5.41, 5.74) is 9.77. The number of aromatic nitrogens is 1. The summed E-state index contributed by atoms with van der Waals surface area (Å²) in [5, 5.41) is 14.3. The van der Waals surface area contributed by atoms with Crippen molar-refractivity contribution in [1.82, 2.24) is 4.98 Å². The summed E-state index contributed by atoms with van der Waals surface area (Å²) in [6.45, 7) is 5.74. The van der Waals surface area contributed by atoms with E-state index in [1.54, 1.807) is 12.1 Å². The van der Waals surface area contributed by atoms with Crippen molar-refractivity contribution in [2.45, 2.75) is 13.0 Å². The molecule has 4 N–H and O–H groups in total. The second kappa shape index (κ2) is 6.12. The van der Waals surface area contributed by atoms with Crippen LogP contribution in [0.2, 0.25) is 0 Å². The minimum Gasteiger partial charge on any atom is -0.507 e. The van der Waals surface area contributed by atoms with Gasteiger partial charge in [-0.05, 0) is 35.6 Å². The first-order chi connectivity index (χ1) is 12.5. The Morgan fingerprint density at radius 3 is 2.65 bits per heavy atom. The van der Waals surface area contributed by atoms with Crippen molar-refractivity contribution in [2.24, 2.45) is 5.73 Å². The molecule has 0 saturated heterocycles. The minimum atomic E-state index is -0.130. The number of hydrogen-bond acceptors (Lipinski definition) is 4. The van der Waals surface area contributed by atoms with Crippen LogP contribution in [0.25, 0.3) is 38.2 Å². The monoisotopic (exact) mass is 362 g/mol. The van der Waals surface area contributed by atoms with Crippen LogP contribution in [-0.2, 0) is 0 Å². The first kappa shape index (κ1) is 16.6. The Balaban J connectivity index is 2.15. The summed E-state index contributed by atoms with van der Waals surface area (Å²) in [4.78, 5) is 15.4. The van der Waals surface area contributed by atoms with Crippen molar-refractivity contribution >= 4 is 38.4 Å². The number of benzene rings is 2. The van der Waals surface area contributed by atoms with E-state index in [0.717, 1.165) is 21.9 Å². The van der Waals surface area contributed by atoms with Crippen LogP contribution in [0.4, 0.5) is 0 Å². The van der Waals surface area contributed by atoms with Gasteiger partial charge in [-0.15, -0.1) is 11.3 Å². The Hall–Kier alpha value is -2.89. The zero-order valence-corrected chi connectivity index (χ0v) is 15.1. The molecule has 5 heteroatoms. The van der Waals surface area contributed by atoms with E-state index in [0.29, 0.717) is 21.3 Å². The van der Waals surface area contributed by atoms with Gasteiger partial charge in [0.2, 0.25) is 0 Å². The fraction of sp³-hybridized carbons (Fsp3) is 0.0952. The predicted octanol–water partition coefficient (Wildman–Crippen LogP) is 4.78. The molecule has 0 saturated carbocycles. The maximum Gasteiger partial charge on any atom is 0.266 e. The van der Waals surface area contributed by atoms with Crippen LogP contribution in [0, 0.1) is 0 Å². The van der Waals surface area contributed by atoms with E-state index in [1.807, 2.05) is 42.6 Å². The molecule has 1 atom stereocenters. The molecule has 26 heavy (non-hydrogen) atoms. The molecule has 0 radical (unpaired) electrons. The highest BCUT2D eigenvalue weighted by atomic mass is 32.1. The number of aromatic amines is 1. The van der Waals surface area contributed by atoms with Gasteiger partial charge in [-0.2, -0.15) is 0 Å². The van der Waals surface area contributed by atoms with Crippen LogP contribution in [0.3, 0.4) is 0 Å². The number of fused-ring (bicyclic) bond motifs is 3. The third-order valence-corrected chi connectivity index (χ3v) is 5.57. The lowest BCUT2D eigenvalue weighted by Gasteiger charge is -2.14. The Labute approximate surface area is 154 Å². The smallest absolute Gasteiger partial charge is 0.266 e. The highest BCUT2D eigenvalue weighted by molar-refractivity contribution is 7.17. The summed E-state index contributed by atoms with van der Waals surface area (Å²) >= 11 is 1.39. The number of nitrogens with one attached hydrogen (secondary N) is 1. The number of aromatic hydroxyl groups is 1. The zero-order valence-electron chi connectivity index (χ0n) is 14.2. The van der Waals surface area contributed by atoms with E-state index < -0.39 is 0 Å². The van der Waals surface area contributed by atoms with Gasteiger partial charge in [-0.3, -0.25) is 4.79 Å². The van der Waals surface area contributed by atoms with Crippen molar-refractivity contribution in [3.05, 3.63) is 69.8 Å². The highest BCUT2D eigenvalue weighted by Gasteiger charge is 2.18. The predicted molar refractivity (Wildman–Crippen MR) is 110 cm³/mol. The van der Waals surface area contributed by atoms with E-state index in [2.05, 4.69) is 11.6 Å². The zero-order chi connectivity index (χ0) is 18.4. The highest BCUT2D eigenvalue weighted by Crippen LogP contribution is 2.41. The molecule has 1 unspecified atom stereocenters. The van der Waals surface area contributed by atoms with Gasteiger partial charge in [0.15, 0.2) is 0 Å². The van der Waals surface area contributed by atoms with Crippen molar-refractivity contribution in [2.75, 3.05) is 0 Å². The van der Waals surface area contributed by atoms with Crippen molar-refractivity contribution in [1.29, 1.82) is 0 Å². The summed E-state index contributed by atoms with van der Waals surface area (Å²) in [7, 11) is 0. The van der Waals surface area contributed by atoms with Gasteiger partial charge in [0.05, 0.1) is 5.52 Å². The van der Waals surface area contributed by atoms with E-state index in [4.69, 9.17) is 5.73 Å². The average molecular weight is 362 g/mol. The third kappa shape index (κ3) is 2.44. The fourth-order valence-corrected chi connectivity index (χ4v) is 4.15.